The van der Waals surface area contributed by atoms with E-state index in [-0.39, 0.29) is 17.3 Å². The minimum Gasteiger partial charge on any atom is -0.492 e. The van der Waals surface area contributed by atoms with Gasteiger partial charge in [-0.3, -0.25) is 14.7 Å². The number of para-hydroxylation sites is 1. The molecule has 1 aliphatic heterocycles. The Kier molecular flexibility index (Phi) is 7.47. The second kappa shape index (κ2) is 10.9. The molecule has 1 fully saturated rings. The third-order valence-electron chi connectivity index (χ3n) is 5.90. The minimum absolute atomic E-state index is 0.142. The predicted molar refractivity (Wildman–Crippen MR) is 142 cm³/mol. The van der Waals surface area contributed by atoms with Crippen LogP contribution in [0, 0.1) is 0 Å². The van der Waals surface area contributed by atoms with E-state index in [1.165, 1.54) is 27.8 Å². The topological polar surface area (TPSA) is 102 Å². The van der Waals surface area contributed by atoms with Gasteiger partial charge >= 0.3 is 0 Å². The maximum Gasteiger partial charge on any atom is 0.260 e. The summed E-state index contributed by atoms with van der Waals surface area (Å²) in [4.78, 5) is 24.6. The lowest BCUT2D eigenvalue weighted by Gasteiger charge is -2.26. The van der Waals surface area contributed by atoms with E-state index in [4.69, 9.17) is 14.5 Å². The SMILES string of the molecule is CCOc1cccc2sc(N(Cc3ccccn3)C(=O)c3ccc(S(=O)(=O)N4CCOCC4)cc3)nc12. The molecule has 4 aromatic rings. The molecule has 192 valence electrons. The van der Waals surface area contributed by atoms with Crippen LogP contribution in [-0.4, -0.2) is 61.5 Å². The Labute approximate surface area is 219 Å². The van der Waals surface area contributed by atoms with Gasteiger partial charge in [0.15, 0.2) is 5.13 Å². The van der Waals surface area contributed by atoms with Gasteiger partial charge in [0, 0.05) is 24.8 Å². The Morgan fingerprint density at radius 2 is 1.86 bits per heavy atom. The summed E-state index contributed by atoms with van der Waals surface area (Å²) in [6.07, 6.45) is 1.68. The molecule has 0 saturated carbocycles. The number of aromatic nitrogens is 2. The number of anilines is 1. The van der Waals surface area contributed by atoms with Crippen molar-refractivity contribution in [3.8, 4) is 5.75 Å². The van der Waals surface area contributed by atoms with E-state index in [1.54, 1.807) is 23.2 Å². The van der Waals surface area contributed by atoms with Gasteiger partial charge in [-0.15, -0.1) is 0 Å². The lowest BCUT2D eigenvalue weighted by Crippen LogP contribution is -2.40. The van der Waals surface area contributed by atoms with Crippen LogP contribution in [-0.2, 0) is 21.3 Å². The molecule has 0 bridgehead atoms. The monoisotopic (exact) mass is 538 g/mol. The average molecular weight is 539 g/mol. The normalized spacial score (nSPS) is 14.5. The number of pyridine rings is 1. The number of thiazole rings is 1. The number of morpholine rings is 1. The molecule has 11 heteroatoms. The molecule has 37 heavy (non-hydrogen) atoms. The molecular weight excluding hydrogens is 512 g/mol. The van der Waals surface area contributed by atoms with Crippen LogP contribution in [0.2, 0.25) is 0 Å². The smallest absolute Gasteiger partial charge is 0.260 e. The van der Waals surface area contributed by atoms with Crippen LogP contribution in [0.3, 0.4) is 0 Å². The van der Waals surface area contributed by atoms with Crippen LogP contribution >= 0.6 is 11.3 Å². The maximum atomic E-state index is 13.8. The summed E-state index contributed by atoms with van der Waals surface area (Å²) in [7, 11) is -3.66. The Morgan fingerprint density at radius 3 is 2.57 bits per heavy atom. The van der Waals surface area contributed by atoms with Crippen molar-refractivity contribution in [3.63, 3.8) is 0 Å². The first kappa shape index (κ1) is 25.3. The molecule has 1 amide bonds. The number of rotatable bonds is 8. The summed E-state index contributed by atoms with van der Waals surface area (Å²) in [5, 5.41) is 0.503. The molecule has 1 aliphatic rings. The van der Waals surface area contributed by atoms with Crippen LogP contribution in [0.5, 0.6) is 5.75 Å². The van der Waals surface area contributed by atoms with Gasteiger partial charge < -0.3 is 9.47 Å². The number of benzene rings is 2. The predicted octanol–water partition coefficient (Wildman–Crippen LogP) is 3.96. The Balaban J connectivity index is 1.48. The van der Waals surface area contributed by atoms with Gasteiger partial charge in [0.1, 0.15) is 11.3 Å². The van der Waals surface area contributed by atoms with Crippen LogP contribution in [0.1, 0.15) is 23.0 Å². The maximum absolute atomic E-state index is 13.8. The largest absolute Gasteiger partial charge is 0.492 e. The lowest BCUT2D eigenvalue weighted by molar-refractivity contribution is 0.0730. The molecule has 1 saturated heterocycles. The van der Waals surface area contributed by atoms with Gasteiger partial charge in [-0.2, -0.15) is 4.31 Å². The second-order valence-electron chi connectivity index (χ2n) is 8.29. The number of amides is 1. The fraction of sp³-hybridized carbons (Fsp3) is 0.269. The number of fused-ring (bicyclic) bond motifs is 1. The Bertz CT molecular complexity index is 1480. The van der Waals surface area contributed by atoms with Gasteiger partial charge in [-0.25, -0.2) is 13.4 Å². The highest BCUT2D eigenvalue weighted by Crippen LogP contribution is 2.35. The lowest BCUT2D eigenvalue weighted by atomic mass is 10.2. The van der Waals surface area contributed by atoms with Gasteiger partial charge in [-0.1, -0.05) is 23.5 Å². The summed E-state index contributed by atoms with van der Waals surface area (Å²) in [5.74, 6) is 0.350. The van der Waals surface area contributed by atoms with Crippen LogP contribution in [0.25, 0.3) is 10.2 Å². The first-order valence-electron chi connectivity index (χ1n) is 11.9. The second-order valence-corrected chi connectivity index (χ2v) is 11.2. The zero-order valence-electron chi connectivity index (χ0n) is 20.2. The van der Waals surface area contributed by atoms with Crippen molar-refractivity contribution in [1.82, 2.24) is 14.3 Å². The highest BCUT2D eigenvalue weighted by atomic mass is 32.2. The van der Waals surface area contributed by atoms with E-state index in [1.807, 2.05) is 43.3 Å². The first-order chi connectivity index (χ1) is 18.0. The zero-order chi connectivity index (χ0) is 25.8. The summed E-state index contributed by atoms with van der Waals surface area (Å²) in [6, 6.07) is 17.2. The highest BCUT2D eigenvalue weighted by Gasteiger charge is 2.28. The van der Waals surface area contributed by atoms with E-state index < -0.39 is 10.0 Å². The van der Waals surface area contributed by atoms with Gasteiger partial charge in [0.25, 0.3) is 5.91 Å². The van der Waals surface area contributed by atoms with E-state index in [9.17, 15) is 13.2 Å². The van der Waals surface area contributed by atoms with Crippen molar-refractivity contribution < 1.29 is 22.7 Å². The molecule has 2 aromatic carbocycles. The van der Waals surface area contributed by atoms with Crippen LogP contribution in [0.15, 0.2) is 71.8 Å². The molecule has 3 heterocycles. The van der Waals surface area contributed by atoms with E-state index >= 15 is 0 Å². The number of ether oxygens (including phenoxy) is 2. The van der Waals surface area contributed by atoms with E-state index in [2.05, 4.69) is 4.98 Å². The molecule has 9 nitrogen and oxygen atoms in total. The van der Waals surface area contributed by atoms with Crippen LogP contribution in [0.4, 0.5) is 5.13 Å². The van der Waals surface area contributed by atoms with Gasteiger partial charge in [0.05, 0.1) is 41.7 Å². The molecule has 0 spiro atoms. The van der Waals surface area contributed by atoms with Gasteiger partial charge in [0.2, 0.25) is 10.0 Å². The number of hydrogen-bond acceptors (Lipinski definition) is 8. The summed E-state index contributed by atoms with van der Waals surface area (Å²) < 4.78 is 39.3. The summed E-state index contributed by atoms with van der Waals surface area (Å²) >= 11 is 1.39. The van der Waals surface area contributed by atoms with E-state index in [0.717, 1.165) is 4.70 Å². The number of nitrogens with zero attached hydrogens (tertiary/aromatic N) is 4. The number of hydrogen-bond donors (Lipinski definition) is 0. The Hall–Kier alpha value is -3.38. The molecular formula is C26H26N4O5S2. The summed E-state index contributed by atoms with van der Waals surface area (Å²) in [5.41, 5.74) is 1.74. The van der Waals surface area contributed by atoms with E-state index in [0.29, 0.717) is 60.6 Å². The zero-order valence-corrected chi connectivity index (χ0v) is 21.9. The minimum atomic E-state index is -3.66. The van der Waals surface area contributed by atoms with Gasteiger partial charge in [-0.05, 0) is 55.5 Å². The highest BCUT2D eigenvalue weighted by molar-refractivity contribution is 7.89. The fourth-order valence-electron chi connectivity index (χ4n) is 4.04. The molecule has 2 aromatic heterocycles. The number of carbonyl (C=O) groups is 1. The molecule has 0 radical (unpaired) electrons. The van der Waals surface area contributed by atoms with Crippen molar-refractivity contribution in [3.05, 3.63) is 78.1 Å². The van der Waals surface area contributed by atoms with Crippen LogP contribution < -0.4 is 9.64 Å². The molecule has 0 aliphatic carbocycles. The van der Waals surface area contributed by atoms with Crippen molar-refractivity contribution in [1.29, 1.82) is 0 Å². The van der Waals surface area contributed by atoms with Crippen molar-refractivity contribution in [2.45, 2.75) is 18.4 Å². The van der Waals surface area contributed by atoms with Crippen molar-refractivity contribution >= 4 is 42.6 Å². The van der Waals surface area contributed by atoms with Crippen molar-refractivity contribution in [2.75, 3.05) is 37.8 Å². The molecule has 5 rings (SSSR count). The standard InChI is InChI=1S/C26H26N4O5S2/c1-2-35-22-7-5-8-23-24(22)28-26(36-23)30(18-20-6-3-4-13-27-20)25(31)19-9-11-21(12-10-19)37(32,33)29-14-16-34-17-15-29/h3-13H,2,14-18H2,1H3. The first-order valence-corrected chi connectivity index (χ1v) is 14.1. The number of sulfonamides is 1. The molecule has 0 atom stereocenters. The third-order valence-corrected chi connectivity index (χ3v) is 8.86. The average Bonchev–Trinajstić information content (AvgIpc) is 3.38. The molecule has 0 N–H and O–H groups in total. The summed E-state index contributed by atoms with van der Waals surface area (Å²) in [6.45, 7) is 3.97. The molecule has 0 unspecified atom stereocenters. The fourth-order valence-corrected chi connectivity index (χ4v) is 6.43. The number of carbonyl (C=O) groups excluding carboxylic acids is 1. The van der Waals surface area contributed by atoms with Crippen molar-refractivity contribution in [2.24, 2.45) is 0 Å². The Morgan fingerprint density at radius 1 is 1.08 bits per heavy atom. The quantitative estimate of drug-likeness (QED) is 0.335. The third kappa shape index (κ3) is 5.35.